The molecule has 0 aromatic rings. The molecule has 0 fully saturated rings. The molecule has 0 spiro atoms. The molecule has 18 heavy (non-hydrogen) atoms. The van der Waals surface area contributed by atoms with Crippen molar-refractivity contribution in [2.24, 2.45) is 4.99 Å². The topological polar surface area (TPSA) is 134 Å². The van der Waals surface area contributed by atoms with Crippen molar-refractivity contribution in [3.8, 4) is 0 Å². The van der Waals surface area contributed by atoms with Gasteiger partial charge in [-0.1, -0.05) is 6.92 Å². The van der Waals surface area contributed by atoms with E-state index in [9.17, 15) is 14.4 Å². The van der Waals surface area contributed by atoms with E-state index in [1.165, 1.54) is 13.0 Å². The summed E-state index contributed by atoms with van der Waals surface area (Å²) in [5, 5.41) is 13.6. The molecule has 0 rings (SSSR count). The first-order chi connectivity index (χ1) is 8.40. The maximum absolute atomic E-state index is 10.0. The Bertz CT molecular complexity index is 314. The second kappa shape index (κ2) is 17.1. The largest absolute Gasteiger partial charge is 0.480 e. The maximum Gasteiger partial charge on any atom is 0.329 e. The summed E-state index contributed by atoms with van der Waals surface area (Å²) < 4.78 is 4.40. The molecule has 102 valence electrons. The average Bonchev–Trinajstić information content (AvgIpc) is 2.27. The number of rotatable bonds is 4. The van der Waals surface area contributed by atoms with E-state index in [1.54, 1.807) is 13.8 Å². The number of carbonyl (C=O) groups is 2. The molecule has 0 aliphatic rings. The minimum atomic E-state index is -1.08. The van der Waals surface area contributed by atoms with E-state index < -0.39 is 12.0 Å². The lowest BCUT2D eigenvalue weighted by Gasteiger charge is -1.96. The Morgan fingerprint density at radius 1 is 1.39 bits per heavy atom. The minimum absolute atomic E-state index is 0.211. The minimum Gasteiger partial charge on any atom is -0.480 e. The van der Waals surface area contributed by atoms with E-state index in [4.69, 9.17) is 15.3 Å². The molecule has 0 aliphatic carbocycles. The van der Waals surface area contributed by atoms with Crippen LogP contribution in [0, 0.1) is 5.41 Å². The maximum atomic E-state index is 10.0. The van der Waals surface area contributed by atoms with Crippen molar-refractivity contribution in [2.75, 3.05) is 6.61 Å². The third kappa shape index (κ3) is 23.5. The molecular formula is C10H16N2O6. The van der Waals surface area contributed by atoms with Crippen LogP contribution in [0.3, 0.4) is 0 Å². The van der Waals surface area contributed by atoms with Crippen molar-refractivity contribution in [3.05, 3.63) is 0 Å². The lowest BCUT2D eigenvalue weighted by atomic mass is 10.2. The van der Waals surface area contributed by atoms with E-state index in [1.807, 2.05) is 0 Å². The number of nitrogens with one attached hydrogen (secondary N) is 1. The van der Waals surface area contributed by atoms with Gasteiger partial charge in [0.1, 0.15) is 0 Å². The highest BCUT2D eigenvalue weighted by atomic mass is 16.5. The van der Waals surface area contributed by atoms with Crippen LogP contribution >= 0.6 is 0 Å². The van der Waals surface area contributed by atoms with Crippen LogP contribution in [0.4, 0.5) is 0 Å². The molecule has 0 saturated carbocycles. The molecule has 1 unspecified atom stereocenters. The van der Waals surface area contributed by atoms with Gasteiger partial charge in [0.25, 0.3) is 0 Å². The van der Waals surface area contributed by atoms with E-state index in [2.05, 4.69) is 9.73 Å². The molecule has 0 radical (unpaired) electrons. The summed E-state index contributed by atoms with van der Waals surface area (Å²) in [6.45, 7) is 5.29. The molecule has 1 atom stereocenters. The van der Waals surface area contributed by atoms with Gasteiger partial charge in [-0.15, -0.1) is 0 Å². The number of aliphatic carboxylic acids is 1. The fourth-order valence-electron chi connectivity index (χ4n) is 0.588. The molecule has 0 aromatic heterocycles. The molecule has 8 nitrogen and oxygen atoms in total. The van der Waals surface area contributed by atoms with Gasteiger partial charge in [0.15, 0.2) is 6.04 Å². The third-order valence-electron chi connectivity index (χ3n) is 1.23. The van der Waals surface area contributed by atoms with Gasteiger partial charge in [-0.3, -0.25) is 4.79 Å². The summed E-state index contributed by atoms with van der Waals surface area (Å²) in [5.41, 5.74) is 0. The summed E-state index contributed by atoms with van der Waals surface area (Å²) in [7, 11) is 0. The molecule has 2 N–H and O–H groups in total. The number of carboxylic acid groups (broad SMARTS) is 1. The summed E-state index contributed by atoms with van der Waals surface area (Å²) >= 11 is 0. The molecule has 8 heteroatoms. The van der Waals surface area contributed by atoms with E-state index in [0.29, 0.717) is 13.0 Å². The highest BCUT2D eigenvalue weighted by Gasteiger charge is 2.11. The first-order valence-electron chi connectivity index (χ1n) is 4.88. The number of nitrogens with zero attached hydrogens (tertiary/aromatic N) is 1. The Morgan fingerprint density at radius 2 is 1.83 bits per heavy atom. The number of esters is 1. The van der Waals surface area contributed by atoms with Crippen LogP contribution in [0.1, 0.15) is 27.2 Å². The van der Waals surface area contributed by atoms with E-state index >= 15 is 0 Å². The van der Waals surface area contributed by atoms with Crippen molar-refractivity contribution >= 4 is 24.1 Å². The average molecular weight is 260 g/mol. The second-order valence-corrected chi connectivity index (χ2v) is 2.51. The molecule has 0 amide bonds. The zero-order valence-corrected chi connectivity index (χ0v) is 10.4. The summed E-state index contributed by atoms with van der Waals surface area (Å²) in [4.78, 5) is 40.8. The number of isocyanates is 2. The van der Waals surface area contributed by atoms with Gasteiger partial charge < -0.3 is 9.84 Å². The lowest BCUT2D eigenvalue weighted by molar-refractivity contribution is -0.140. The van der Waals surface area contributed by atoms with Crippen LogP contribution in [-0.4, -0.2) is 41.9 Å². The number of aliphatic imine (C=N–C) groups is 1. The Hall–Kier alpha value is -2.30. The van der Waals surface area contributed by atoms with Crippen LogP contribution in [-0.2, 0) is 23.9 Å². The predicted octanol–water partition coefficient (Wildman–Crippen LogP) is 0.656. The molecule has 0 saturated heterocycles. The molecule has 0 aliphatic heterocycles. The summed E-state index contributed by atoms with van der Waals surface area (Å²) in [6.07, 6.45) is 2.27. The Labute approximate surface area is 104 Å². The Morgan fingerprint density at radius 3 is 1.89 bits per heavy atom. The number of carboxylic acids is 1. The number of hydrogen-bond acceptors (Lipinski definition) is 7. The van der Waals surface area contributed by atoms with Gasteiger partial charge in [-0.25, -0.2) is 19.8 Å². The highest BCUT2D eigenvalue weighted by molar-refractivity contribution is 5.74. The van der Waals surface area contributed by atoms with Crippen LogP contribution in [0.5, 0.6) is 0 Å². The number of carbonyl (C=O) groups excluding carboxylic acids is 3. The van der Waals surface area contributed by atoms with Gasteiger partial charge in [0, 0.05) is 6.92 Å². The fourth-order valence-corrected chi connectivity index (χ4v) is 0.588. The monoisotopic (exact) mass is 260 g/mol. The first-order valence-corrected chi connectivity index (χ1v) is 4.88. The zero-order valence-electron chi connectivity index (χ0n) is 10.4. The Kier molecular flexibility index (Phi) is 20.0. The van der Waals surface area contributed by atoms with Crippen molar-refractivity contribution in [2.45, 2.75) is 33.2 Å². The standard InChI is InChI=1S/C5H7NO3.C4H8O2.CHNO/c1-2-4(5(8)9)6-3-7;1-3-6-4(2)5;2-1-3/h4H,2H2,1H3,(H,8,9);3H2,1-2H3;2H. The first kappa shape index (κ1) is 21.0. The second-order valence-electron chi connectivity index (χ2n) is 2.51. The highest BCUT2D eigenvalue weighted by Crippen LogP contribution is 1.94. The quantitative estimate of drug-likeness (QED) is 0.433. The fraction of sp³-hybridized carbons (Fsp3) is 0.600. The number of ether oxygens (including phenoxy) is 1. The van der Waals surface area contributed by atoms with Crippen molar-refractivity contribution in [1.29, 1.82) is 5.41 Å². The Balaban J connectivity index is -0.000000216. The molecule has 0 heterocycles. The van der Waals surface area contributed by atoms with Crippen molar-refractivity contribution < 1.29 is 29.0 Å². The lowest BCUT2D eigenvalue weighted by Crippen LogP contribution is -2.15. The summed E-state index contributed by atoms with van der Waals surface area (Å²) in [6, 6.07) is -0.914. The van der Waals surface area contributed by atoms with Gasteiger partial charge >= 0.3 is 11.9 Å². The molecular weight excluding hydrogens is 244 g/mol. The summed E-state index contributed by atoms with van der Waals surface area (Å²) in [5.74, 6) is -1.29. The van der Waals surface area contributed by atoms with Crippen LogP contribution in [0.15, 0.2) is 4.99 Å². The van der Waals surface area contributed by atoms with Crippen LogP contribution < -0.4 is 0 Å². The van der Waals surface area contributed by atoms with E-state index in [-0.39, 0.29) is 5.97 Å². The van der Waals surface area contributed by atoms with Gasteiger partial charge in [0.05, 0.1) is 6.61 Å². The van der Waals surface area contributed by atoms with Crippen molar-refractivity contribution in [1.82, 2.24) is 0 Å². The molecule has 0 aromatic carbocycles. The van der Waals surface area contributed by atoms with Crippen LogP contribution in [0.2, 0.25) is 0 Å². The van der Waals surface area contributed by atoms with Gasteiger partial charge in [-0.05, 0) is 13.3 Å². The van der Waals surface area contributed by atoms with Gasteiger partial charge in [0.2, 0.25) is 12.2 Å². The number of hydrogen-bond donors (Lipinski definition) is 2. The van der Waals surface area contributed by atoms with E-state index in [0.717, 1.165) is 6.08 Å². The van der Waals surface area contributed by atoms with Gasteiger partial charge in [-0.2, -0.15) is 4.99 Å². The smallest absolute Gasteiger partial charge is 0.329 e. The predicted molar refractivity (Wildman–Crippen MR) is 60.6 cm³/mol. The SMILES string of the molecule is CCC(N=C=O)C(=O)O.CCOC(C)=O.N=C=O. The van der Waals surface area contributed by atoms with Crippen LogP contribution in [0.25, 0.3) is 0 Å². The normalized spacial score (nSPS) is 8.83. The molecule has 0 bridgehead atoms. The van der Waals surface area contributed by atoms with Crippen molar-refractivity contribution in [3.63, 3.8) is 0 Å². The zero-order chi connectivity index (χ0) is 15.0. The third-order valence-corrected chi connectivity index (χ3v) is 1.23.